The minimum Gasteiger partial charge on any atom is -0.462 e. The lowest BCUT2D eigenvalue weighted by Crippen LogP contribution is -2.13. The number of rotatable bonds is 4. The van der Waals surface area contributed by atoms with Gasteiger partial charge in [0.15, 0.2) is 0 Å². The summed E-state index contributed by atoms with van der Waals surface area (Å²) in [5.41, 5.74) is -0.145. The zero-order chi connectivity index (χ0) is 17.2. The maximum absolute atomic E-state index is 13.3. The summed E-state index contributed by atoms with van der Waals surface area (Å²) in [5.74, 6) is -2.49. The van der Waals surface area contributed by atoms with E-state index in [2.05, 4.69) is 31.9 Å². The van der Waals surface area contributed by atoms with E-state index < -0.39 is 27.2 Å². The zero-order valence-corrected chi connectivity index (χ0v) is 15.0. The number of alkyl halides is 5. The lowest BCUT2D eigenvalue weighted by Gasteiger charge is -2.08. The number of furan rings is 1. The molecule has 0 aliphatic rings. The van der Waals surface area contributed by atoms with Crippen LogP contribution in [0.5, 0.6) is 0 Å². The molecule has 0 atom stereocenters. The monoisotopic (exact) mass is 454 g/mol. The van der Waals surface area contributed by atoms with Gasteiger partial charge in [-0.15, -0.1) is 0 Å². The zero-order valence-electron chi connectivity index (χ0n) is 11.8. The summed E-state index contributed by atoms with van der Waals surface area (Å²) in [6, 6.07) is 8.23. The van der Waals surface area contributed by atoms with Crippen molar-refractivity contribution >= 4 is 37.8 Å². The van der Waals surface area contributed by atoms with Crippen LogP contribution in [0.15, 0.2) is 34.7 Å². The van der Waals surface area contributed by atoms with Gasteiger partial charge in [-0.3, -0.25) is 0 Å². The molecule has 0 bridgehead atoms. The predicted octanol–water partition coefficient (Wildman–Crippen LogP) is 5.93. The highest BCUT2D eigenvalue weighted by atomic mass is 79.9. The maximum atomic E-state index is 13.3. The van der Waals surface area contributed by atoms with Gasteiger partial charge in [0.05, 0.1) is 6.61 Å². The van der Waals surface area contributed by atoms with Crippen LogP contribution < -0.4 is 0 Å². The Labute approximate surface area is 147 Å². The first kappa shape index (κ1) is 18.1. The highest BCUT2D eigenvalue weighted by Crippen LogP contribution is 2.46. The van der Waals surface area contributed by atoms with Gasteiger partial charge in [-0.05, 0) is 12.5 Å². The minimum absolute atomic E-state index is 0.0447. The topological polar surface area (TPSA) is 39.4 Å². The highest BCUT2D eigenvalue weighted by Gasteiger charge is 2.44. The smallest absolute Gasteiger partial charge is 0.450 e. The van der Waals surface area contributed by atoms with Crippen molar-refractivity contribution in [2.24, 2.45) is 0 Å². The number of carbonyl (C=O) groups excluding carboxylic acids is 1. The quantitative estimate of drug-likeness (QED) is 0.423. The fourth-order valence-corrected chi connectivity index (χ4v) is 2.74. The number of halogens is 5. The normalized spacial score (nSPS) is 11.8. The Balaban J connectivity index is 2.80. The first-order valence-electron chi connectivity index (χ1n) is 6.52. The SMILES string of the molecule is CCOC(=O)c1c(C(F)(F)F)oc(C(Br)Br)c1-c1ccccc1. The number of esters is 1. The molecule has 2 aromatic rings. The van der Waals surface area contributed by atoms with Crippen LogP contribution in [0.4, 0.5) is 13.2 Å². The van der Waals surface area contributed by atoms with Crippen molar-refractivity contribution in [2.45, 2.75) is 16.8 Å². The lowest BCUT2D eigenvalue weighted by molar-refractivity contribution is -0.153. The van der Waals surface area contributed by atoms with E-state index in [1.54, 1.807) is 30.3 Å². The molecule has 1 aromatic heterocycles. The molecule has 3 nitrogen and oxygen atoms in total. The lowest BCUT2D eigenvalue weighted by atomic mass is 10.00. The second-order valence-electron chi connectivity index (χ2n) is 4.43. The predicted molar refractivity (Wildman–Crippen MR) is 85.7 cm³/mol. The summed E-state index contributed by atoms with van der Waals surface area (Å²) in [6.07, 6.45) is -4.82. The van der Waals surface area contributed by atoms with Gasteiger partial charge >= 0.3 is 12.1 Å². The van der Waals surface area contributed by atoms with Crippen LogP contribution in [-0.4, -0.2) is 12.6 Å². The summed E-state index contributed by atoms with van der Waals surface area (Å²) in [6.45, 7) is 1.48. The van der Waals surface area contributed by atoms with Crippen LogP contribution in [-0.2, 0) is 10.9 Å². The van der Waals surface area contributed by atoms with Crippen LogP contribution >= 0.6 is 31.9 Å². The molecule has 0 aliphatic carbocycles. The second kappa shape index (κ2) is 7.09. The van der Waals surface area contributed by atoms with Gasteiger partial charge < -0.3 is 9.15 Å². The summed E-state index contributed by atoms with van der Waals surface area (Å²) < 4.78 is 48.9. The molecule has 0 saturated heterocycles. The van der Waals surface area contributed by atoms with Gasteiger partial charge in [-0.25, -0.2) is 4.79 Å². The Morgan fingerprint density at radius 2 is 1.87 bits per heavy atom. The molecule has 0 unspecified atom stereocenters. The van der Waals surface area contributed by atoms with E-state index in [0.717, 1.165) is 0 Å². The molecule has 23 heavy (non-hydrogen) atoms. The number of hydrogen-bond donors (Lipinski definition) is 0. The van der Waals surface area contributed by atoms with Crippen molar-refractivity contribution in [1.82, 2.24) is 0 Å². The third kappa shape index (κ3) is 3.80. The van der Waals surface area contributed by atoms with Crippen LogP contribution in [0.2, 0.25) is 0 Å². The molecule has 0 fully saturated rings. The molecule has 1 aromatic carbocycles. The summed E-state index contributed by atoms with van der Waals surface area (Å²) >= 11 is 6.27. The fraction of sp³-hybridized carbons (Fsp3) is 0.267. The van der Waals surface area contributed by atoms with E-state index in [1.807, 2.05) is 0 Å². The molecular weight excluding hydrogens is 445 g/mol. The van der Waals surface area contributed by atoms with Gasteiger partial charge in [-0.2, -0.15) is 13.2 Å². The van der Waals surface area contributed by atoms with E-state index in [1.165, 1.54) is 6.92 Å². The van der Waals surface area contributed by atoms with E-state index in [4.69, 9.17) is 9.15 Å². The van der Waals surface area contributed by atoms with Gasteiger partial charge in [0.25, 0.3) is 0 Å². The Morgan fingerprint density at radius 1 is 1.26 bits per heavy atom. The van der Waals surface area contributed by atoms with E-state index in [9.17, 15) is 18.0 Å². The van der Waals surface area contributed by atoms with Gasteiger partial charge in [0.1, 0.15) is 15.1 Å². The van der Waals surface area contributed by atoms with Gasteiger partial charge in [0, 0.05) is 5.56 Å². The van der Waals surface area contributed by atoms with E-state index in [0.29, 0.717) is 5.56 Å². The number of hydrogen-bond acceptors (Lipinski definition) is 3. The molecule has 2 rings (SSSR count). The van der Waals surface area contributed by atoms with Crippen molar-refractivity contribution in [2.75, 3.05) is 6.61 Å². The van der Waals surface area contributed by atoms with Crippen molar-refractivity contribution in [3.63, 3.8) is 0 Å². The van der Waals surface area contributed by atoms with Crippen LogP contribution in [0.3, 0.4) is 0 Å². The average molecular weight is 456 g/mol. The Hall–Kier alpha value is -1.28. The molecule has 0 N–H and O–H groups in total. The Bertz CT molecular complexity index is 694. The minimum atomic E-state index is -4.82. The molecule has 8 heteroatoms. The van der Waals surface area contributed by atoms with Crippen LogP contribution in [0.25, 0.3) is 11.1 Å². The van der Waals surface area contributed by atoms with Gasteiger partial charge in [-0.1, -0.05) is 62.2 Å². The van der Waals surface area contributed by atoms with Crippen molar-refractivity contribution in [3.8, 4) is 11.1 Å². The standard InChI is InChI=1S/C15H11Br2F3O3/c1-2-22-14(21)10-9(8-6-4-3-5-7-8)11(13(16)17)23-12(10)15(18,19)20/h3-7,13H,2H2,1H3. The van der Waals surface area contributed by atoms with Crippen molar-refractivity contribution < 1.29 is 27.1 Å². The van der Waals surface area contributed by atoms with Crippen LogP contribution in [0, 0.1) is 0 Å². The largest absolute Gasteiger partial charge is 0.462 e. The molecule has 0 amide bonds. The summed E-state index contributed by atoms with van der Waals surface area (Å²) in [4.78, 5) is 12.1. The third-order valence-corrected chi connectivity index (χ3v) is 3.76. The van der Waals surface area contributed by atoms with E-state index in [-0.39, 0.29) is 17.9 Å². The highest BCUT2D eigenvalue weighted by molar-refractivity contribution is 9.24. The maximum Gasteiger partial charge on any atom is 0.450 e. The fourth-order valence-electron chi connectivity index (χ4n) is 2.09. The average Bonchev–Trinajstić information content (AvgIpc) is 2.89. The summed E-state index contributed by atoms with van der Waals surface area (Å²) in [5, 5.41) is 0. The Kier molecular flexibility index (Phi) is 5.57. The first-order valence-corrected chi connectivity index (χ1v) is 8.35. The second-order valence-corrected chi connectivity index (χ2v) is 7.49. The Morgan fingerprint density at radius 3 is 2.35 bits per heavy atom. The molecular formula is C15H11Br2F3O3. The molecule has 0 spiro atoms. The van der Waals surface area contributed by atoms with Crippen LogP contribution in [0.1, 0.15) is 32.5 Å². The first-order chi connectivity index (χ1) is 10.8. The third-order valence-electron chi connectivity index (χ3n) is 2.93. The summed E-state index contributed by atoms with van der Waals surface area (Å²) in [7, 11) is 0. The van der Waals surface area contributed by atoms with Crippen molar-refractivity contribution in [3.05, 3.63) is 47.4 Å². The number of benzene rings is 1. The van der Waals surface area contributed by atoms with E-state index >= 15 is 0 Å². The number of ether oxygens (including phenoxy) is 1. The number of carbonyl (C=O) groups is 1. The molecule has 1 heterocycles. The molecule has 0 aliphatic heterocycles. The molecule has 124 valence electrons. The van der Waals surface area contributed by atoms with Crippen molar-refractivity contribution in [1.29, 1.82) is 0 Å². The molecule has 0 radical (unpaired) electrons. The van der Waals surface area contributed by atoms with Gasteiger partial charge in [0.2, 0.25) is 5.76 Å². The molecule has 0 saturated carbocycles.